The summed E-state index contributed by atoms with van der Waals surface area (Å²) in [5, 5.41) is 6.50. The van der Waals surface area contributed by atoms with E-state index in [-0.39, 0.29) is 6.54 Å². The summed E-state index contributed by atoms with van der Waals surface area (Å²) in [6.07, 6.45) is 2.96. The Kier molecular flexibility index (Phi) is 4.72. The Labute approximate surface area is 121 Å². The number of methoxy groups -OCH3 is 1. The second-order valence-corrected chi connectivity index (χ2v) is 4.07. The fourth-order valence-electron chi connectivity index (χ4n) is 1.52. The normalized spacial score (nSPS) is 9.38. The quantitative estimate of drug-likeness (QED) is 0.675. The third-order valence-corrected chi connectivity index (χ3v) is 2.50. The Morgan fingerprint density at radius 1 is 1.33 bits per heavy atom. The van der Waals surface area contributed by atoms with Crippen LogP contribution in [0.4, 0.5) is 5.69 Å². The molecule has 0 fully saturated rings. The highest BCUT2D eigenvalue weighted by molar-refractivity contribution is 6.04. The van der Waals surface area contributed by atoms with Crippen molar-refractivity contribution >= 4 is 17.6 Å². The van der Waals surface area contributed by atoms with Gasteiger partial charge in [0.25, 0.3) is 0 Å². The molecule has 106 valence electrons. The molecular formula is C15H13N3O3. The van der Waals surface area contributed by atoms with Crippen LogP contribution in [-0.2, 0) is 20.9 Å². The molecule has 6 heteroatoms. The molecule has 6 nitrogen and oxygen atoms in total. The van der Waals surface area contributed by atoms with Crippen LogP contribution in [0.2, 0.25) is 0 Å². The summed E-state index contributed by atoms with van der Waals surface area (Å²) >= 11 is 0. The van der Waals surface area contributed by atoms with Crippen LogP contribution in [0.5, 0.6) is 0 Å². The summed E-state index contributed by atoms with van der Waals surface area (Å²) in [6, 6.07) is 9.20. The van der Waals surface area contributed by atoms with E-state index >= 15 is 0 Å². The first kappa shape index (κ1) is 14.3. The van der Waals surface area contributed by atoms with E-state index in [9.17, 15) is 9.59 Å². The summed E-state index contributed by atoms with van der Waals surface area (Å²) in [5.74, 6) is 4.36. The van der Waals surface area contributed by atoms with E-state index in [0.29, 0.717) is 5.69 Å². The number of nitrogens with zero attached hydrogens (tertiary/aromatic N) is 2. The van der Waals surface area contributed by atoms with Crippen LogP contribution in [0.3, 0.4) is 0 Å². The smallest absolute Gasteiger partial charge is 0.327 e. The van der Waals surface area contributed by atoms with E-state index in [1.165, 1.54) is 24.2 Å². The van der Waals surface area contributed by atoms with Gasteiger partial charge in [0.05, 0.1) is 19.0 Å². The minimum absolute atomic E-state index is 0.0118. The molecule has 0 radical (unpaired) electrons. The van der Waals surface area contributed by atoms with E-state index in [1.54, 1.807) is 0 Å². The summed E-state index contributed by atoms with van der Waals surface area (Å²) in [6.45, 7) is -0.0118. The Morgan fingerprint density at radius 2 is 2.10 bits per heavy atom. The molecule has 0 saturated heterocycles. The van der Waals surface area contributed by atoms with Crippen LogP contribution in [0, 0.1) is 11.8 Å². The zero-order valence-electron chi connectivity index (χ0n) is 11.4. The topological polar surface area (TPSA) is 73.2 Å². The van der Waals surface area contributed by atoms with Gasteiger partial charge in [-0.25, -0.2) is 0 Å². The van der Waals surface area contributed by atoms with Crippen LogP contribution in [0.25, 0.3) is 0 Å². The summed E-state index contributed by atoms with van der Waals surface area (Å²) in [4.78, 5) is 22.7. The van der Waals surface area contributed by atoms with Crippen molar-refractivity contribution in [2.75, 3.05) is 12.4 Å². The molecule has 1 heterocycles. The number of benzene rings is 1. The molecule has 0 bridgehead atoms. The van der Waals surface area contributed by atoms with Crippen molar-refractivity contribution in [1.82, 2.24) is 9.78 Å². The Balaban J connectivity index is 1.94. The second-order valence-electron chi connectivity index (χ2n) is 4.07. The minimum Gasteiger partial charge on any atom is -0.468 e. The lowest BCUT2D eigenvalue weighted by Crippen LogP contribution is -2.12. The number of amides is 1. The Hall–Kier alpha value is -3.07. The van der Waals surface area contributed by atoms with Gasteiger partial charge in [-0.2, -0.15) is 5.10 Å². The lowest BCUT2D eigenvalue weighted by molar-refractivity contribution is -0.141. The van der Waals surface area contributed by atoms with Crippen LogP contribution in [-0.4, -0.2) is 28.8 Å². The minimum atomic E-state index is -0.448. The van der Waals surface area contributed by atoms with Crippen LogP contribution in [0.15, 0.2) is 42.7 Å². The molecule has 1 aromatic carbocycles. The predicted octanol–water partition coefficient (Wildman–Crippen LogP) is 1.05. The number of anilines is 1. The van der Waals surface area contributed by atoms with Gasteiger partial charge in [-0.05, 0) is 12.1 Å². The molecule has 0 aliphatic heterocycles. The van der Waals surface area contributed by atoms with Crippen molar-refractivity contribution in [1.29, 1.82) is 0 Å². The maximum absolute atomic E-state index is 11.7. The van der Waals surface area contributed by atoms with Crippen molar-refractivity contribution in [3.8, 4) is 11.8 Å². The van der Waals surface area contributed by atoms with Gasteiger partial charge in [-0.3, -0.25) is 14.3 Å². The lowest BCUT2D eigenvalue weighted by Gasteiger charge is -1.98. The summed E-state index contributed by atoms with van der Waals surface area (Å²) in [5.41, 5.74) is 1.22. The molecular weight excluding hydrogens is 270 g/mol. The third-order valence-electron chi connectivity index (χ3n) is 2.50. The number of carbonyl (C=O) groups is 2. The molecule has 1 aromatic heterocycles. The monoisotopic (exact) mass is 283 g/mol. The fraction of sp³-hybridized carbons (Fsp3) is 0.133. The number of hydrogen-bond donors (Lipinski definition) is 1. The molecule has 0 aliphatic rings. The number of rotatable bonds is 3. The van der Waals surface area contributed by atoms with Gasteiger partial charge < -0.3 is 10.1 Å². The molecule has 0 unspecified atom stereocenters. The van der Waals surface area contributed by atoms with Gasteiger partial charge in [0.2, 0.25) is 0 Å². The van der Waals surface area contributed by atoms with Crippen molar-refractivity contribution in [3.63, 3.8) is 0 Å². The van der Waals surface area contributed by atoms with E-state index < -0.39 is 11.9 Å². The highest BCUT2D eigenvalue weighted by Crippen LogP contribution is 2.04. The number of ether oxygens (including phenoxy) is 1. The number of hydrogen-bond acceptors (Lipinski definition) is 4. The highest BCUT2D eigenvalue weighted by Gasteiger charge is 2.05. The molecule has 0 saturated carbocycles. The molecule has 0 atom stereocenters. The molecule has 1 N–H and O–H groups in total. The zero-order valence-corrected chi connectivity index (χ0v) is 11.4. The molecule has 0 spiro atoms. The van der Waals surface area contributed by atoms with Crippen molar-refractivity contribution in [2.45, 2.75) is 6.54 Å². The maximum atomic E-state index is 11.7. The fourth-order valence-corrected chi connectivity index (χ4v) is 1.52. The summed E-state index contributed by atoms with van der Waals surface area (Å²) in [7, 11) is 1.30. The van der Waals surface area contributed by atoms with Gasteiger partial charge in [-0.1, -0.05) is 24.1 Å². The van der Waals surface area contributed by atoms with E-state index in [4.69, 9.17) is 0 Å². The van der Waals surface area contributed by atoms with E-state index in [2.05, 4.69) is 27.0 Å². The van der Waals surface area contributed by atoms with E-state index in [1.807, 2.05) is 30.3 Å². The van der Waals surface area contributed by atoms with E-state index in [0.717, 1.165) is 5.56 Å². The number of esters is 1. The Bertz CT molecular complexity index is 696. The second kappa shape index (κ2) is 6.91. The first-order valence-electron chi connectivity index (χ1n) is 6.14. The zero-order chi connectivity index (χ0) is 15.1. The van der Waals surface area contributed by atoms with Crippen LogP contribution >= 0.6 is 0 Å². The van der Waals surface area contributed by atoms with Gasteiger partial charge in [-0.15, -0.1) is 0 Å². The lowest BCUT2D eigenvalue weighted by atomic mass is 10.2. The van der Waals surface area contributed by atoms with Gasteiger partial charge >= 0.3 is 11.9 Å². The van der Waals surface area contributed by atoms with Gasteiger partial charge in [0, 0.05) is 17.7 Å². The van der Waals surface area contributed by atoms with Gasteiger partial charge in [0.15, 0.2) is 0 Å². The molecule has 2 aromatic rings. The first-order valence-corrected chi connectivity index (χ1v) is 6.14. The standard InChI is InChI=1S/C15H13N3O3/c1-21-15(20)11-18-10-13(9-16-18)17-14(19)8-7-12-5-3-2-4-6-12/h2-6,9-10H,11H2,1H3,(H,17,19). The largest absolute Gasteiger partial charge is 0.468 e. The van der Waals surface area contributed by atoms with Crippen molar-refractivity contribution in [2.24, 2.45) is 0 Å². The third kappa shape index (κ3) is 4.51. The SMILES string of the molecule is COC(=O)Cn1cc(NC(=O)C#Cc2ccccc2)cn1. The summed E-state index contributed by atoms with van der Waals surface area (Å²) < 4.78 is 5.89. The molecule has 0 aliphatic carbocycles. The number of nitrogens with one attached hydrogen (secondary N) is 1. The number of aromatic nitrogens is 2. The highest BCUT2D eigenvalue weighted by atomic mass is 16.5. The molecule has 2 rings (SSSR count). The maximum Gasteiger partial charge on any atom is 0.327 e. The van der Waals surface area contributed by atoms with Crippen LogP contribution in [0.1, 0.15) is 5.56 Å². The van der Waals surface area contributed by atoms with Crippen LogP contribution < -0.4 is 5.32 Å². The van der Waals surface area contributed by atoms with Crippen molar-refractivity contribution in [3.05, 3.63) is 48.3 Å². The van der Waals surface area contributed by atoms with Gasteiger partial charge in [0.1, 0.15) is 6.54 Å². The number of carbonyl (C=O) groups excluding carboxylic acids is 2. The molecule has 1 amide bonds. The average Bonchev–Trinajstić information content (AvgIpc) is 2.93. The predicted molar refractivity (Wildman–Crippen MR) is 76.2 cm³/mol. The Morgan fingerprint density at radius 3 is 2.81 bits per heavy atom. The average molecular weight is 283 g/mol. The molecule has 21 heavy (non-hydrogen) atoms. The first-order chi connectivity index (χ1) is 10.2. The van der Waals surface area contributed by atoms with Crippen molar-refractivity contribution < 1.29 is 14.3 Å².